The van der Waals surface area contributed by atoms with Crippen LogP contribution in [0.5, 0.6) is 0 Å². The Bertz CT molecular complexity index is 1180. The molecule has 1 aliphatic rings. The van der Waals surface area contributed by atoms with Gasteiger partial charge in [0.25, 0.3) is 5.56 Å². The van der Waals surface area contributed by atoms with Crippen LogP contribution in [0.4, 0.5) is 0 Å². The van der Waals surface area contributed by atoms with Gasteiger partial charge in [-0.1, -0.05) is 23.4 Å². The molecule has 0 saturated carbocycles. The number of benzene rings is 1. The third-order valence-electron chi connectivity index (χ3n) is 4.31. The molecule has 0 amide bonds. The summed E-state index contributed by atoms with van der Waals surface area (Å²) in [4.78, 5) is 20.2. The van der Waals surface area contributed by atoms with Crippen molar-refractivity contribution in [3.8, 4) is 0 Å². The fraction of sp³-hybridized carbons (Fsp3) is 0.312. The Morgan fingerprint density at radius 2 is 2.07 bits per heavy atom. The van der Waals surface area contributed by atoms with Crippen molar-refractivity contribution in [3.05, 3.63) is 45.3 Å². The third-order valence-corrected chi connectivity index (χ3v) is 5.54. The van der Waals surface area contributed by atoms with Gasteiger partial charge in [-0.25, -0.2) is 4.98 Å². The summed E-state index contributed by atoms with van der Waals surface area (Å²) in [7, 11) is 0. The Morgan fingerprint density at radius 3 is 2.71 bits per heavy atom. The van der Waals surface area contributed by atoms with Gasteiger partial charge in [0.05, 0.1) is 6.61 Å². The lowest BCUT2D eigenvalue weighted by molar-refractivity contribution is -0.0548. The number of hydrogen-bond donors (Lipinski definition) is 6. The van der Waals surface area contributed by atoms with Crippen molar-refractivity contribution in [1.29, 1.82) is 5.41 Å². The monoisotopic (exact) mass is 426 g/mol. The number of H-pyrrole nitrogens is 2. The average molecular weight is 427 g/mol. The number of hydrogen-bond acceptors (Lipinski definition) is 8. The number of aromatic nitrogens is 4. The lowest BCUT2D eigenvalue weighted by Crippen LogP contribution is -2.33. The van der Waals surface area contributed by atoms with Crippen molar-refractivity contribution in [2.45, 2.75) is 34.6 Å². The van der Waals surface area contributed by atoms with E-state index in [9.17, 15) is 20.1 Å². The Hall–Kier alpha value is -2.15. The summed E-state index contributed by atoms with van der Waals surface area (Å²) in [6.45, 7) is -0.536. The molecule has 1 aromatic carbocycles. The molecule has 1 aliphatic heterocycles. The number of imidazole rings is 1. The zero-order valence-electron chi connectivity index (χ0n) is 15.1. The molecule has 12 heteroatoms. The number of fused-ring (bicyclic) bond motifs is 1. The van der Waals surface area contributed by atoms with Gasteiger partial charge in [-0.3, -0.25) is 19.8 Å². The van der Waals surface area contributed by atoms with Crippen molar-refractivity contribution in [1.82, 2.24) is 19.5 Å². The zero-order valence-corrected chi connectivity index (χ0v) is 15.7. The van der Waals surface area contributed by atoms with E-state index in [1.807, 2.05) is 0 Å². The molecule has 1 saturated heterocycles. The summed E-state index contributed by atoms with van der Waals surface area (Å²) < 4.78 is 15.0. The van der Waals surface area contributed by atoms with Crippen LogP contribution in [-0.4, -0.2) is 59.8 Å². The highest BCUT2D eigenvalue weighted by Gasteiger charge is 2.45. The number of aliphatic hydroxyl groups excluding tert-OH is 3. The minimum atomic E-state index is -1.46. The molecule has 0 bridgehead atoms. The van der Waals surface area contributed by atoms with Crippen LogP contribution < -0.4 is 11.2 Å². The third kappa shape index (κ3) is 3.26. The highest BCUT2D eigenvalue weighted by Crippen LogP contribution is 2.37. The summed E-state index contributed by atoms with van der Waals surface area (Å²) in [6, 6.07) is 6.79. The molecule has 1 fully saturated rings. The Balaban J connectivity index is 1.93. The first-order valence-corrected chi connectivity index (χ1v) is 9.38. The van der Waals surface area contributed by atoms with Gasteiger partial charge in [0.2, 0.25) is 5.62 Å². The van der Waals surface area contributed by atoms with Gasteiger partial charge in [0.15, 0.2) is 18.3 Å². The van der Waals surface area contributed by atoms with Gasteiger partial charge in [-0.15, -0.1) is 0 Å². The first-order valence-electron chi connectivity index (χ1n) is 8.63. The zero-order chi connectivity index (χ0) is 20.9. The van der Waals surface area contributed by atoms with Crippen molar-refractivity contribution in [2.75, 3.05) is 6.61 Å². The van der Waals surface area contributed by atoms with E-state index < -0.39 is 42.3 Å². The fourth-order valence-electron chi connectivity index (χ4n) is 2.97. The van der Waals surface area contributed by atoms with Crippen molar-refractivity contribution in [3.63, 3.8) is 0 Å². The first-order chi connectivity index (χ1) is 13.8. The number of ether oxygens (including phenoxy) is 1. The molecule has 3 aromatic rings. The second kappa shape index (κ2) is 7.35. The van der Waals surface area contributed by atoms with E-state index in [2.05, 4.69) is 9.97 Å². The van der Waals surface area contributed by atoms with Gasteiger partial charge in [-0.2, -0.15) is 0 Å². The molecular formula is C16H16ClN5O5S. The van der Waals surface area contributed by atoms with E-state index in [1.54, 1.807) is 24.3 Å². The van der Waals surface area contributed by atoms with E-state index in [-0.39, 0.29) is 16.3 Å². The van der Waals surface area contributed by atoms with Crippen LogP contribution in [0, 0.1) is 5.41 Å². The van der Waals surface area contributed by atoms with Gasteiger partial charge < -0.3 is 25.0 Å². The smallest absolute Gasteiger partial charge is 0.280 e. The second-order valence-electron chi connectivity index (χ2n) is 6.14. The van der Waals surface area contributed by atoms with Crippen molar-refractivity contribution in [2.24, 2.45) is 0 Å². The predicted molar refractivity (Wildman–Crippen MR) is 99.1 cm³/mol. The van der Waals surface area contributed by atoms with Gasteiger partial charge in [-0.05, 0) is 24.3 Å². The normalized spacial score (nSPS) is 25.4. The van der Waals surface area contributed by atoms with Crippen LogP contribution >= 0.6 is 23.4 Å². The minimum absolute atomic E-state index is 0.0925. The van der Waals surface area contributed by atoms with Gasteiger partial charge >= 0.3 is 0 Å². The minimum Gasteiger partial charge on any atom is -0.394 e. The Morgan fingerprint density at radius 1 is 1.36 bits per heavy atom. The topological polar surface area (TPSA) is 160 Å². The number of aromatic amines is 2. The van der Waals surface area contributed by atoms with Crippen molar-refractivity contribution < 1.29 is 21.5 Å². The van der Waals surface area contributed by atoms with E-state index in [0.717, 1.165) is 11.8 Å². The largest absolute Gasteiger partial charge is 0.394 e. The highest BCUT2D eigenvalue weighted by molar-refractivity contribution is 7.99. The molecule has 4 rings (SSSR count). The molecule has 4 atom stereocenters. The van der Waals surface area contributed by atoms with Gasteiger partial charge in [0.1, 0.15) is 24.0 Å². The summed E-state index contributed by atoms with van der Waals surface area (Å²) in [5.41, 5.74) is -1.41. The molecule has 3 heterocycles. The Labute approximate surface area is 167 Å². The number of aliphatic hydroxyl groups is 3. The average Bonchev–Trinajstić information content (AvgIpc) is 3.20. The molecule has 148 valence electrons. The quantitative estimate of drug-likeness (QED) is 0.341. The van der Waals surface area contributed by atoms with Crippen LogP contribution in [0.15, 0.2) is 39.1 Å². The molecule has 10 nitrogen and oxygen atoms in total. The van der Waals surface area contributed by atoms with Crippen molar-refractivity contribution >= 4 is 34.5 Å². The maximum absolute atomic E-state index is 12.3. The molecular weight excluding hydrogens is 410 g/mol. The highest BCUT2D eigenvalue weighted by atomic mass is 35.5. The molecule has 0 radical (unpaired) electrons. The number of nitrogens with one attached hydrogen (secondary N) is 3. The van der Waals surface area contributed by atoms with E-state index >= 15 is 0 Å². The summed E-state index contributed by atoms with van der Waals surface area (Å²) in [6.07, 6.45) is -5.13. The lowest BCUT2D eigenvalue weighted by atomic mass is 10.1. The second-order valence-corrected chi connectivity index (χ2v) is 7.61. The standard InChI is InChI=1S/C16H16ClN5O5S/c17-6-1-3-7(4-2-6)28-16-19-9-12(20-15(18)21-13(9)26)22(16)14-11(25)10(24)8(5-23)27-14/h1-4,8,10-11,14,23-25H,5H2,(H3,18,20,21,26)/t8-,10-,11-,14-/m1/s1/i/hD. The number of nitrogens with zero attached hydrogens (tertiary/aromatic N) is 2. The lowest BCUT2D eigenvalue weighted by Gasteiger charge is -2.19. The van der Waals surface area contributed by atoms with Gasteiger partial charge in [0, 0.05) is 9.92 Å². The molecule has 0 unspecified atom stereocenters. The Kier molecular flexibility index (Phi) is 4.70. The number of halogens is 1. The molecule has 6 N–H and O–H groups in total. The summed E-state index contributed by atoms with van der Waals surface area (Å²) >= 11 is 7.03. The van der Waals surface area contributed by atoms with Crippen LogP contribution in [0.1, 0.15) is 6.23 Å². The molecule has 0 aliphatic carbocycles. The number of rotatable bonds is 4. The van der Waals surface area contributed by atoms with Crippen LogP contribution in [0.25, 0.3) is 11.2 Å². The molecule has 0 spiro atoms. The van der Waals surface area contributed by atoms with Crippen LogP contribution in [0.2, 0.25) is 6.43 Å². The van der Waals surface area contributed by atoms with Crippen LogP contribution in [0.3, 0.4) is 0 Å². The first kappa shape index (κ1) is 17.9. The molecule has 28 heavy (non-hydrogen) atoms. The summed E-state index contributed by atoms with van der Waals surface area (Å²) in [5, 5.41) is 38.5. The predicted octanol–water partition coefficient (Wildman–Crippen LogP) is -0.0517. The van der Waals surface area contributed by atoms with E-state index in [1.165, 1.54) is 4.57 Å². The summed E-state index contributed by atoms with van der Waals surface area (Å²) in [5.74, 6) is 0. The van der Waals surface area contributed by atoms with E-state index in [0.29, 0.717) is 14.9 Å². The maximum atomic E-state index is 12.3. The fourth-order valence-corrected chi connectivity index (χ4v) is 4.00. The van der Waals surface area contributed by atoms with E-state index in [4.69, 9.17) is 23.2 Å². The molecule has 2 aromatic heterocycles. The SMILES string of the molecule is [2H]n1c(=N)[nH]c(=O)c2nc(Sc3ccc(Cl)cc3)n([C@@H]3O[C@H](CO)[C@@H](O)[C@H]3O)c21. The van der Waals surface area contributed by atoms with Crippen LogP contribution in [-0.2, 0) is 4.74 Å². The maximum Gasteiger partial charge on any atom is 0.280 e.